The van der Waals surface area contributed by atoms with Crippen LogP contribution in [0.4, 0.5) is 10.1 Å². The molecular formula is C23H29FN2O4S. The molecule has 6 nitrogen and oxygen atoms in total. The van der Waals surface area contributed by atoms with Gasteiger partial charge in [0.2, 0.25) is 15.9 Å². The molecule has 1 aliphatic rings. The van der Waals surface area contributed by atoms with Gasteiger partial charge >= 0.3 is 0 Å². The van der Waals surface area contributed by atoms with Crippen LogP contribution in [0.15, 0.2) is 47.4 Å². The number of carbonyl (C=O) groups excluding carboxylic acids is 1. The van der Waals surface area contributed by atoms with Gasteiger partial charge in [0.05, 0.1) is 16.7 Å². The molecule has 1 aliphatic heterocycles. The fourth-order valence-corrected chi connectivity index (χ4v) is 5.08. The third-order valence-corrected chi connectivity index (χ3v) is 7.01. The first-order chi connectivity index (χ1) is 14.8. The Morgan fingerprint density at radius 2 is 1.84 bits per heavy atom. The van der Waals surface area contributed by atoms with Crippen molar-refractivity contribution in [1.29, 1.82) is 0 Å². The van der Waals surface area contributed by atoms with E-state index in [1.165, 1.54) is 22.5 Å². The molecule has 2 aromatic rings. The van der Waals surface area contributed by atoms with Crippen molar-refractivity contribution >= 4 is 21.6 Å². The molecule has 0 radical (unpaired) electrons. The molecule has 0 spiro atoms. The van der Waals surface area contributed by atoms with E-state index in [-0.39, 0.29) is 35.6 Å². The summed E-state index contributed by atoms with van der Waals surface area (Å²) in [6, 6.07) is 10.9. The molecule has 31 heavy (non-hydrogen) atoms. The van der Waals surface area contributed by atoms with Crippen LogP contribution >= 0.6 is 0 Å². The minimum atomic E-state index is -3.65. The number of carbonyl (C=O) groups is 1. The van der Waals surface area contributed by atoms with Crippen LogP contribution in [-0.2, 0) is 21.2 Å². The third kappa shape index (κ3) is 6.04. The summed E-state index contributed by atoms with van der Waals surface area (Å²) in [4.78, 5) is 12.7. The van der Waals surface area contributed by atoms with E-state index in [0.717, 1.165) is 19.3 Å². The number of hydrogen-bond acceptors (Lipinski definition) is 4. The molecule has 0 aromatic heterocycles. The van der Waals surface area contributed by atoms with Crippen LogP contribution < -0.4 is 10.1 Å². The summed E-state index contributed by atoms with van der Waals surface area (Å²) in [5.74, 6) is -0.301. The fourth-order valence-electron chi connectivity index (χ4n) is 3.54. The van der Waals surface area contributed by atoms with Crippen molar-refractivity contribution in [3.8, 4) is 5.75 Å². The highest BCUT2D eigenvalue weighted by Gasteiger charge is 2.27. The number of amides is 1. The molecule has 8 heteroatoms. The van der Waals surface area contributed by atoms with Gasteiger partial charge in [-0.15, -0.1) is 0 Å². The third-order valence-electron chi connectivity index (χ3n) is 5.12. The molecule has 1 N–H and O–H groups in total. The molecule has 3 rings (SSSR count). The number of nitrogens with zero attached hydrogens (tertiary/aromatic N) is 1. The lowest BCUT2D eigenvalue weighted by Gasteiger charge is -2.26. The van der Waals surface area contributed by atoms with Gasteiger partial charge in [0.25, 0.3) is 0 Å². The molecule has 168 valence electrons. The highest BCUT2D eigenvalue weighted by atomic mass is 32.2. The minimum Gasteiger partial charge on any atom is -0.489 e. The van der Waals surface area contributed by atoms with E-state index < -0.39 is 10.0 Å². The van der Waals surface area contributed by atoms with Crippen LogP contribution in [0.2, 0.25) is 0 Å². The van der Waals surface area contributed by atoms with E-state index >= 15 is 0 Å². The van der Waals surface area contributed by atoms with Crippen molar-refractivity contribution < 1.29 is 22.3 Å². The smallest absolute Gasteiger partial charge is 0.243 e. The number of nitrogens with one attached hydrogen (secondary N) is 1. The van der Waals surface area contributed by atoms with Crippen LogP contribution in [0, 0.1) is 5.82 Å². The summed E-state index contributed by atoms with van der Waals surface area (Å²) >= 11 is 0. The quantitative estimate of drug-likeness (QED) is 0.651. The lowest BCUT2D eigenvalue weighted by Crippen LogP contribution is -2.35. The Morgan fingerprint density at radius 1 is 1.13 bits per heavy atom. The van der Waals surface area contributed by atoms with Crippen molar-refractivity contribution in [1.82, 2.24) is 4.31 Å². The summed E-state index contributed by atoms with van der Waals surface area (Å²) < 4.78 is 47.1. The number of rotatable bonds is 8. The molecular weight excluding hydrogens is 419 g/mol. The first-order valence-electron chi connectivity index (χ1n) is 10.6. The Balaban J connectivity index is 1.80. The number of hydrogen-bond donors (Lipinski definition) is 1. The first-order valence-corrected chi connectivity index (χ1v) is 12.1. The first kappa shape index (κ1) is 23.2. The average molecular weight is 449 g/mol. The molecule has 0 saturated carbocycles. The minimum absolute atomic E-state index is 0.0607. The second-order valence-electron chi connectivity index (χ2n) is 7.93. The predicted molar refractivity (Wildman–Crippen MR) is 118 cm³/mol. The van der Waals surface area contributed by atoms with Crippen LogP contribution in [0.5, 0.6) is 5.75 Å². The fraction of sp³-hybridized carbons (Fsp3) is 0.435. The molecule has 2 aromatic carbocycles. The van der Waals surface area contributed by atoms with E-state index in [9.17, 15) is 17.6 Å². The number of sulfonamides is 1. The Labute approximate surface area is 183 Å². The number of benzene rings is 2. The molecule has 0 unspecified atom stereocenters. The second kappa shape index (κ2) is 10.2. The van der Waals surface area contributed by atoms with E-state index in [1.54, 1.807) is 24.3 Å². The van der Waals surface area contributed by atoms with Gasteiger partial charge < -0.3 is 10.1 Å². The number of piperidine rings is 1. The van der Waals surface area contributed by atoms with Crippen molar-refractivity contribution in [3.63, 3.8) is 0 Å². The second-order valence-corrected chi connectivity index (χ2v) is 9.87. The van der Waals surface area contributed by atoms with E-state index in [0.29, 0.717) is 30.1 Å². The van der Waals surface area contributed by atoms with Crippen molar-refractivity contribution in [3.05, 3.63) is 53.8 Å². The standard InChI is InChI=1S/C23H29FN2O4S/c1-17(2)30-22-12-11-19(31(28,29)26-14-6-3-7-15-26)16-21(22)25-23(27)13-10-18-8-4-5-9-20(18)24/h4-5,8-9,11-12,16-17H,3,6-7,10,13-15H2,1-2H3,(H,25,27). The van der Waals surface area contributed by atoms with Crippen LogP contribution in [-0.4, -0.2) is 37.8 Å². The van der Waals surface area contributed by atoms with Gasteiger partial charge in [-0.25, -0.2) is 12.8 Å². The molecule has 1 amide bonds. The maximum Gasteiger partial charge on any atom is 0.243 e. The summed E-state index contributed by atoms with van der Waals surface area (Å²) in [6.07, 6.45) is 2.85. The highest BCUT2D eigenvalue weighted by molar-refractivity contribution is 7.89. The van der Waals surface area contributed by atoms with E-state index in [4.69, 9.17) is 4.74 Å². The lowest BCUT2D eigenvalue weighted by atomic mass is 10.1. The predicted octanol–water partition coefficient (Wildman–Crippen LogP) is 4.36. The van der Waals surface area contributed by atoms with Crippen LogP contribution in [0.1, 0.15) is 45.1 Å². The van der Waals surface area contributed by atoms with Gasteiger partial charge in [0.1, 0.15) is 11.6 Å². The van der Waals surface area contributed by atoms with Crippen molar-refractivity contribution in [2.45, 2.75) is 57.0 Å². The zero-order valence-corrected chi connectivity index (χ0v) is 18.8. The van der Waals surface area contributed by atoms with Gasteiger partial charge in [0, 0.05) is 19.5 Å². The number of aryl methyl sites for hydroxylation is 1. The zero-order chi connectivity index (χ0) is 22.4. The van der Waals surface area contributed by atoms with Gasteiger partial charge in [-0.2, -0.15) is 4.31 Å². The highest BCUT2D eigenvalue weighted by Crippen LogP contribution is 2.31. The SMILES string of the molecule is CC(C)Oc1ccc(S(=O)(=O)N2CCCCC2)cc1NC(=O)CCc1ccccc1F. The van der Waals surface area contributed by atoms with Gasteiger partial charge in [-0.05, 0) is 62.9 Å². The summed E-state index contributed by atoms with van der Waals surface area (Å²) in [6.45, 7) is 4.69. The zero-order valence-electron chi connectivity index (χ0n) is 17.9. The number of halogens is 1. The molecule has 1 heterocycles. The number of anilines is 1. The maximum atomic E-state index is 13.8. The van der Waals surface area contributed by atoms with E-state index in [1.807, 2.05) is 13.8 Å². The topological polar surface area (TPSA) is 75.7 Å². The summed E-state index contributed by atoms with van der Waals surface area (Å²) in [5.41, 5.74) is 0.753. The largest absolute Gasteiger partial charge is 0.489 e. The Hall–Kier alpha value is -2.45. The lowest BCUT2D eigenvalue weighted by molar-refractivity contribution is -0.116. The van der Waals surface area contributed by atoms with Crippen molar-refractivity contribution in [2.24, 2.45) is 0 Å². The van der Waals surface area contributed by atoms with Crippen molar-refractivity contribution in [2.75, 3.05) is 18.4 Å². The molecule has 0 bridgehead atoms. The van der Waals surface area contributed by atoms with Crippen LogP contribution in [0.3, 0.4) is 0 Å². The monoisotopic (exact) mass is 448 g/mol. The Kier molecular flexibility index (Phi) is 7.67. The molecule has 1 saturated heterocycles. The van der Waals surface area contributed by atoms with Gasteiger partial charge in [0.15, 0.2) is 0 Å². The maximum absolute atomic E-state index is 13.8. The average Bonchev–Trinajstić information content (AvgIpc) is 2.74. The van der Waals surface area contributed by atoms with Gasteiger partial charge in [-0.1, -0.05) is 24.6 Å². The number of ether oxygens (including phenoxy) is 1. The summed E-state index contributed by atoms with van der Waals surface area (Å²) in [7, 11) is -3.65. The Morgan fingerprint density at radius 3 is 2.52 bits per heavy atom. The summed E-state index contributed by atoms with van der Waals surface area (Å²) in [5, 5.41) is 2.75. The van der Waals surface area contributed by atoms with Crippen LogP contribution in [0.25, 0.3) is 0 Å². The van der Waals surface area contributed by atoms with E-state index in [2.05, 4.69) is 5.32 Å². The molecule has 0 aliphatic carbocycles. The molecule has 0 atom stereocenters. The van der Waals surface area contributed by atoms with Gasteiger partial charge in [-0.3, -0.25) is 4.79 Å². The Bertz CT molecular complexity index is 1020. The normalized spacial score (nSPS) is 15.1. The molecule has 1 fully saturated rings.